The van der Waals surface area contributed by atoms with Crippen LogP contribution in [-0.2, 0) is 20.6 Å². The lowest BCUT2D eigenvalue weighted by Crippen LogP contribution is -2.55. The minimum atomic E-state index is -3.50. The third-order valence-electron chi connectivity index (χ3n) is 6.25. The average molecular weight is 498 g/mol. The molecule has 0 aromatic heterocycles. The van der Waals surface area contributed by atoms with Gasteiger partial charge in [0.05, 0.1) is 18.3 Å². The largest absolute Gasteiger partial charge is 0.508 e. The normalized spacial score (nSPS) is 19.1. The van der Waals surface area contributed by atoms with Gasteiger partial charge < -0.3 is 31.5 Å². The molecule has 0 radical (unpaired) electrons. The molecule has 2 amide bonds. The Morgan fingerprint density at radius 1 is 1.12 bits per heavy atom. The lowest BCUT2D eigenvalue weighted by molar-refractivity contribution is -0.130. The van der Waals surface area contributed by atoms with E-state index in [2.05, 4.69) is 10.6 Å². The van der Waals surface area contributed by atoms with Crippen LogP contribution in [0.1, 0.15) is 51.5 Å². The fourth-order valence-corrected chi connectivity index (χ4v) is 6.45. The van der Waals surface area contributed by atoms with Crippen LogP contribution in [0.15, 0.2) is 24.3 Å². The van der Waals surface area contributed by atoms with Gasteiger partial charge in [0.25, 0.3) is 0 Å². The highest BCUT2D eigenvalue weighted by molar-refractivity contribution is 7.58. The van der Waals surface area contributed by atoms with Crippen molar-refractivity contribution in [3.05, 3.63) is 29.8 Å². The second kappa shape index (κ2) is 13.2. The number of hydrogen-bond acceptors (Lipinski definition) is 6. The molecule has 0 saturated heterocycles. The molecule has 0 bridgehead atoms. The zero-order valence-corrected chi connectivity index (χ0v) is 21.0. The zero-order valence-electron chi connectivity index (χ0n) is 20.2. The Morgan fingerprint density at radius 2 is 1.74 bits per heavy atom. The van der Waals surface area contributed by atoms with Gasteiger partial charge in [0.2, 0.25) is 19.2 Å². The summed E-state index contributed by atoms with van der Waals surface area (Å²) in [4.78, 5) is 35.6. The number of phenolic OH excluding ortho intramolecular Hbond substituents is 1. The fourth-order valence-electron chi connectivity index (χ4n) is 4.34. The Hall–Kier alpha value is -1.93. The number of rotatable bonds is 12. The maximum absolute atomic E-state index is 12.7. The molecule has 7 N–H and O–H groups in total. The maximum Gasteiger partial charge on any atom is 0.242 e. The number of aliphatic hydroxyl groups is 1. The average Bonchev–Trinajstić information content (AvgIpc) is 2.77. The van der Waals surface area contributed by atoms with Gasteiger partial charge in [-0.25, -0.2) is 0 Å². The number of aliphatic hydroxyl groups excluding tert-OH is 1. The molecule has 1 saturated carbocycles. The van der Waals surface area contributed by atoms with Gasteiger partial charge in [-0.05, 0) is 48.8 Å². The second-order valence-corrected chi connectivity index (χ2v) is 12.2. The van der Waals surface area contributed by atoms with E-state index >= 15 is 0 Å². The van der Waals surface area contributed by atoms with Crippen molar-refractivity contribution in [3.63, 3.8) is 0 Å². The quantitative estimate of drug-likeness (QED) is 0.240. The standard InChI is InChI=1S/C24H40N3O6P/c1-16(2)22(27-23(30)21(25)12-17-8-10-19(28)11-9-17)24(31)26-13-20(29)15-34(32,33)14-18-6-4-3-5-7-18/h8-11,16,18,20-22,28-29H,3-7,12-15,25H2,1-2H3,(H,26,31)(H,27,30)(H,32,33)/t20-,21-,22-/m0/s1. The highest BCUT2D eigenvalue weighted by atomic mass is 31.2. The Bertz CT molecular complexity index is 842. The van der Waals surface area contributed by atoms with E-state index in [1.54, 1.807) is 26.0 Å². The summed E-state index contributed by atoms with van der Waals surface area (Å²) in [5, 5.41) is 24.9. The monoisotopic (exact) mass is 497 g/mol. The number of nitrogens with one attached hydrogen (secondary N) is 2. The molecule has 0 aliphatic heterocycles. The summed E-state index contributed by atoms with van der Waals surface area (Å²) in [6.07, 6.45) is 4.24. The molecule has 1 aliphatic rings. The van der Waals surface area contributed by atoms with Crippen LogP contribution in [0, 0.1) is 11.8 Å². The predicted molar refractivity (Wildman–Crippen MR) is 132 cm³/mol. The van der Waals surface area contributed by atoms with Crippen molar-refractivity contribution < 1.29 is 29.3 Å². The SMILES string of the molecule is CC(C)[C@H](NC(=O)[C@@H](N)Cc1ccc(O)cc1)C(=O)NC[C@H](O)CP(=O)(O)CC1CCCCC1. The highest BCUT2D eigenvalue weighted by Gasteiger charge is 2.30. The van der Waals surface area contributed by atoms with E-state index in [0.717, 1.165) is 37.7 Å². The van der Waals surface area contributed by atoms with Gasteiger partial charge in [-0.2, -0.15) is 0 Å². The molecular formula is C24H40N3O6P. The molecule has 1 aromatic rings. The number of benzene rings is 1. The van der Waals surface area contributed by atoms with Crippen LogP contribution in [0.2, 0.25) is 0 Å². The number of hydrogen-bond donors (Lipinski definition) is 6. The Kier molecular flexibility index (Phi) is 11.0. The summed E-state index contributed by atoms with van der Waals surface area (Å²) in [5.41, 5.74) is 6.77. The molecule has 1 aromatic carbocycles. The van der Waals surface area contributed by atoms with E-state index in [9.17, 15) is 29.3 Å². The van der Waals surface area contributed by atoms with Crippen molar-refractivity contribution in [2.45, 2.75) is 70.6 Å². The lowest BCUT2D eigenvalue weighted by Gasteiger charge is -2.26. The molecule has 1 aliphatic carbocycles. The minimum Gasteiger partial charge on any atom is -0.508 e. The summed E-state index contributed by atoms with van der Waals surface area (Å²) >= 11 is 0. The number of nitrogens with two attached hydrogens (primary N) is 1. The van der Waals surface area contributed by atoms with Crippen LogP contribution < -0.4 is 16.4 Å². The summed E-state index contributed by atoms with van der Waals surface area (Å²) in [7, 11) is -3.50. The number of carbonyl (C=O) groups is 2. The van der Waals surface area contributed by atoms with Crippen LogP contribution in [0.4, 0.5) is 0 Å². The van der Waals surface area contributed by atoms with Crippen LogP contribution in [-0.4, -0.2) is 64.0 Å². The first-order valence-corrected chi connectivity index (χ1v) is 14.1. The van der Waals surface area contributed by atoms with Crippen molar-refractivity contribution in [2.75, 3.05) is 18.9 Å². The smallest absolute Gasteiger partial charge is 0.242 e. The van der Waals surface area contributed by atoms with Gasteiger partial charge in [0.15, 0.2) is 0 Å². The molecule has 9 nitrogen and oxygen atoms in total. The van der Waals surface area contributed by atoms with Gasteiger partial charge >= 0.3 is 0 Å². The van der Waals surface area contributed by atoms with Crippen molar-refractivity contribution in [2.24, 2.45) is 17.6 Å². The van der Waals surface area contributed by atoms with E-state index in [-0.39, 0.29) is 42.9 Å². The van der Waals surface area contributed by atoms with Crippen molar-refractivity contribution >= 4 is 19.2 Å². The van der Waals surface area contributed by atoms with E-state index in [1.165, 1.54) is 12.1 Å². The topological polar surface area (TPSA) is 162 Å². The number of aromatic hydroxyl groups is 1. The molecule has 2 rings (SSSR count). The van der Waals surface area contributed by atoms with Gasteiger partial charge in [-0.15, -0.1) is 0 Å². The Morgan fingerprint density at radius 3 is 2.32 bits per heavy atom. The summed E-state index contributed by atoms with van der Waals surface area (Å²) < 4.78 is 12.6. The predicted octanol–water partition coefficient (Wildman–Crippen LogP) is 1.73. The number of phenols is 1. The molecule has 10 heteroatoms. The third kappa shape index (κ3) is 9.74. The molecule has 4 atom stereocenters. The summed E-state index contributed by atoms with van der Waals surface area (Å²) in [6.45, 7) is 3.38. The van der Waals surface area contributed by atoms with Crippen molar-refractivity contribution in [1.29, 1.82) is 0 Å². The molecular weight excluding hydrogens is 457 g/mol. The van der Waals surface area contributed by atoms with Gasteiger partial charge in [0, 0.05) is 12.7 Å². The van der Waals surface area contributed by atoms with Crippen LogP contribution in [0.25, 0.3) is 0 Å². The van der Waals surface area contributed by atoms with Crippen molar-refractivity contribution in [3.8, 4) is 5.75 Å². The van der Waals surface area contributed by atoms with Gasteiger partial charge in [-0.1, -0.05) is 45.2 Å². The third-order valence-corrected chi connectivity index (χ3v) is 8.33. The summed E-state index contributed by atoms with van der Waals surface area (Å²) in [5.74, 6) is -0.879. The van der Waals surface area contributed by atoms with Crippen LogP contribution >= 0.6 is 7.37 Å². The van der Waals surface area contributed by atoms with Crippen LogP contribution in [0.3, 0.4) is 0 Å². The van der Waals surface area contributed by atoms with Gasteiger partial charge in [0.1, 0.15) is 11.8 Å². The number of amides is 2. The molecule has 0 heterocycles. The van der Waals surface area contributed by atoms with Crippen LogP contribution in [0.5, 0.6) is 5.75 Å². The Balaban J connectivity index is 1.83. The van der Waals surface area contributed by atoms with E-state index in [0.29, 0.717) is 0 Å². The maximum atomic E-state index is 12.7. The molecule has 0 spiro atoms. The lowest BCUT2D eigenvalue weighted by atomic mass is 9.91. The number of carbonyl (C=O) groups excluding carboxylic acids is 2. The molecule has 1 unspecified atom stereocenters. The van der Waals surface area contributed by atoms with E-state index in [4.69, 9.17) is 5.73 Å². The van der Waals surface area contributed by atoms with E-state index in [1.807, 2.05) is 0 Å². The first-order chi connectivity index (χ1) is 16.0. The molecule has 34 heavy (non-hydrogen) atoms. The molecule has 192 valence electrons. The summed E-state index contributed by atoms with van der Waals surface area (Å²) in [6, 6.07) is 4.61. The zero-order chi connectivity index (χ0) is 25.3. The first kappa shape index (κ1) is 28.3. The molecule has 1 fully saturated rings. The highest BCUT2D eigenvalue weighted by Crippen LogP contribution is 2.45. The van der Waals surface area contributed by atoms with Gasteiger partial charge in [-0.3, -0.25) is 14.2 Å². The van der Waals surface area contributed by atoms with E-state index < -0.39 is 37.4 Å². The van der Waals surface area contributed by atoms with Crippen molar-refractivity contribution in [1.82, 2.24) is 10.6 Å². The Labute approximate surface area is 202 Å². The fraction of sp³-hybridized carbons (Fsp3) is 0.667. The first-order valence-electron chi connectivity index (χ1n) is 12.1. The minimum absolute atomic E-state index is 0.118. The second-order valence-electron chi connectivity index (χ2n) is 9.82.